The summed E-state index contributed by atoms with van der Waals surface area (Å²) in [5.74, 6) is -0.634. The minimum absolute atomic E-state index is 0.112. The zero-order valence-electron chi connectivity index (χ0n) is 15.4. The number of nitrogens with one attached hydrogen (secondary N) is 1. The highest BCUT2D eigenvalue weighted by atomic mass is 79.9. The molecule has 0 radical (unpaired) electrons. The van der Waals surface area contributed by atoms with Gasteiger partial charge in [-0.1, -0.05) is 15.9 Å². The van der Waals surface area contributed by atoms with Crippen LogP contribution in [0.25, 0.3) is 0 Å². The first-order chi connectivity index (χ1) is 13.1. The molecule has 0 aliphatic rings. The van der Waals surface area contributed by atoms with Gasteiger partial charge in [-0.15, -0.1) is 0 Å². The Hall–Kier alpha value is -3.07. The van der Waals surface area contributed by atoms with Crippen LogP contribution in [0.15, 0.2) is 52.0 Å². The van der Waals surface area contributed by atoms with Crippen molar-refractivity contribution in [2.45, 2.75) is 20.8 Å². The largest absolute Gasteiger partial charge is 0.425 e. The minimum atomic E-state index is -0.675. The molecule has 2 aromatic carbocycles. The van der Waals surface area contributed by atoms with Crippen LogP contribution in [0.2, 0.25) is 0 Å². The van der Waals surface area contributed by atoms with Gasteiger partial charge in [0.05, 0.1) is 16.6 Å². The monoisotopic (exact) mass is 447 g/mol. The molecule has 9 heteroatoms. The van der Waals surface area contributed by atoms with Gasteiger partial charge in [0.2, 0.25) is 0 Å². The van der Waals surface area contributed by atoms with Crippen LogP contribution >= 0.6 is 15.9 Å². The predicted molar refractivity (Wildman–Crippen MR) is 107 cm³/mol. The molecule has 0 heterocycles. The standard InChI is InChI=1S/C19H18BrN3O5/c1-19(2,3)18(25)28-16-9-6-14(20)10-13(16)11-21-22-17(24)12-4-7-15(8-5-12)23(26)27/h4-11H,1-3H3,(H,22,24)/b21-11+. The number of hydrogen-bond donors (Lipinski definition) is 1. The smallest absolute Gasteiger partial charge is 0.316 e. The number of ether oxygens (including phenoxy) is 1. The van der Waals surface area contributed by atoms with Gasteiger partial charge in [0, 0.05) is 27.7 Å². The molecule has 0 aliphatic heterocycles. The number of carbonyl (C=O) groups is 2. The number of carbonyl (C=O) groups excluding carboxylic acids is 2. The molecule has 28 heavy (non-hydrogen) atoms. The first-order valence-electron chi connectivity index (χ1n) is 8.17. The first-order valence-corrected chi connectivity index (χ1v) is 8.97. The topological polar surface area (TPSA) is 111 Å². The van der Waals surface area contributed by atoms with Crippen molar-refractivity contribution in [3.63, 3.8) is 0 Å². The number of nitro groups is 1. The van der Waals surface area contributed by atoms with Crippen LogP contribution in [0.3, 0.4) is 0 Å². The lowest BCUT2D eigenvalue weighted by Gasteiger charge is -2.17. The molecular formula is C19H18BrN3O5. The van der Waals surface area contributed by atoms with E-state index in [0.29, 0.717) is 11.3 Å². The van der Waals surface area contributed by atoms with E-state index >= 15 is 0 Å². The third-order valence-corrected chi connectivity index (χ3v) is 3.99. The lowest BCUT2D eigenvalue weighted by atomic mass is 9.97. The predicted octanol–water partition coefficient (Wildman–Crippen LogP) is 4.07. The van der Waals surface area contributed by atoms with Gasteiger partial charge in [-0.05, 0) is 51.1 Å². The highest BCUT2D eigenvalue weighted by Gasteiger charge is 2.24. The number of halogens is 1. The van der Waals surface area contributed by atoms with Crippen LogP contribution < -0.4 is 10.2 Å². The number of nitrogens with zero attached hydrogens (tertiary/aromatic N) is 2. The van der Waals surface area contributed by atoms with Crippen molar-refractivity contribution in [1.29, 1.82) is 0 Å². The van der Waals surface area contributed by atoms with Crippen molar-refractivity contribution >= 4 is 39.7 Å². The number of hydrazone groups is 1. The van der Waals surface area contributed by atoms with Crippen molar-refractivity contribution in [3.8, 4) is 5.75 Å². The number of hydrogen-bond acceptors (Lipinski definition) is 6. The summed E-state index contributed by atoms with van der Waals surface area (Å²) < 4.78 is 6.16. The van der Waals surface area contributed by atoms with Crippen molar-refractivity contribution in [2.75, 3.05) is 0 Å². The van der Waals surface area contributed by atoms with Gasteiger partial charge >= 0.3 is 5.97 Å². The van der Waals surface area contributed by atoms with Gasteiger partial charge in [0.25, 0.3) is 11.6 Å². The summed E-state index contributed by atoms with van der Waals surface area (Å²) in [7, 11) is 0. The molecule has 2 rings (SSSR count). The maximum Gasteiger partial charge on any atom is 0.316 e. The van der Waals surface area contributed by atoms with E-state index in [2.05, 4.69) is 26.5 Å². The first kappa shape index (κ1) is 21.2. The Morgan fingerprint density at radius 1 is 1.18 bits per heavy atom. The summed E-state index contributed by atoms with van der Waals surface area (Å²) in [5.41, 5.74) is 2.25. The van der Waals surface area contributed by atoms with E-state index in [1.54, 1.807) is 39.0 Å². The van der Waals surface area contributed by atoms with Crippen molar-refractivity contribution in [2.24, 2.45) is 10.5 Å². The van der Waals surface area contributed by atoms with E-state index in [0.717, 1.165) is 4.47 Å². The average Bonchev–Trinajstić information content (AvgIpc) is 2.63. The van der Waals surface area contributed by atoms with Gasteiger partial charge < -0.3 is 4.74 Å². The maximum absolute atomic E-state index is 12.1. The van der Waals surface area contributed by atoms with E-state index < -0.39 is 22.2 Å². The molecule has 0 atom stereocenters. The van der Waals surface area contributed by atoms with Gasteiger partial charge in [0.1, 0.15) is 5.75 Å². The summed E-state index contributed by atoms with van der Waals surface area (Å²) in [6.45, 7) is 5.23. The van der Waals surface area contributed by atoms with Crippen LogP contribution in [0, 0.1) is 15.5 Å². The van der Waals surface area contributed by atoms with E-state index in [1.165, 1.54) is 30.5 Å². The fourth-order valence-corrected chi connectivity index (χ4v) is 2.30. The number of esters is 1. The second-order valence-electron chi connectivity index (χ2n) is 6.82. The fraction of sp³-hybridized carbons (Fsp3) is 0.211. The SMILES string of the molecule is CC(C)(C)C(=O)Oc1ccc(Br)cc1/C=N/NC(=O)c1ccc([N+](=O)[O-])cc1. The van der Waals surface area contributed by atoms with Crippen molar-refractivity contribution < 1.29 is 19.2 Å². The second kappa shape index (κ2) is 8.75. The highest BCUT2D eigenvalue weighted by Crippen LogP contribution is 2.25. The van der Waals surface area contributed by atoms with E-state index in [1.807, 2.05) is 0 Å². The minimum Gasteiger partial charge on any atom is -0.425 e. The Bertz CT molecular complexity index is 934. The molecule has 0 saturated carbocycles. The lowest BCUT2D eigenvalue weighted by Crippen LogP contribution is -2.26. The molecule has 0 spiro atoms. The quantitative estimate of drug-likeness (QED) is 0.244. The highest BCUT2D eigenvalue weighted by molar-refractivity contribution is 9.10. The number of non-ortho nitro benzene ring substituents is 1. The van der Waals surface area contributed by atoms with Crippen LogP contribution in [0.4, 0.5) is 5.69 Å². The summed E-state index contributed by atoms with van der Waals surface area (Å²) in [4.78, 5) is 34.3. The molecule has 0 bridgehead atoms. The molecule has 0 aliphatic carbocycles. The Morgan fingerprint density at radius 2 is 1.82 bits per heavy atom. The fourth-order valence-electron chi connectivity index (χ4n) is 1.93. The number of amides is 1. The Kier molecular flexibility index (Phi) is 6.63. The zero-order chi connectivity index (χ0) is 20.9. The van der Waals surface area contributed by atoms with Gasteiger partial charge in [-0.3, -0.25) is 19.7 Å². The number of benzene rings is 2. The van der Waals surface area contributed by atoms with Gasteiger partial charge in [-0.2, -0.15) is 5.10 Å². The molecule has 1 N–H and O–H groups in total. The molecule has 0 saturated heterocycles. The van der Waals surface area contributed by atoms with Gasteiger partial charge in [-0.25, -0.2) is 5.43 Å². The van der Waals surface area contributed by atoms with Crippen LogP contribution in [0.5, 0.6) is 5.75 Å². The summed E-state index contributed by atoms with van der Waals surface area (Å²) >= 11 is 3.33. The molecule has 0 aromatic heterocycles. The van der Waals surface area contributed by atoms with E-state index in [4.69, 9.17) is 4.74 Å². The van der Waals surface area contributed by atoms with Crippen LogP contribution in [-0.4, -0.2) is 23.0 Å². The van der Waals surface area contributed by atoms with Crippen molar-refractivity contribution in [3.05, 3.63) is 68.2 Å². The number of rotatable bonds is 5. The van der Waals surface area contributed by atoms with Crippen LogP contribution in [0.1, 0.15) is 36.7 Å². The lowest BCUT2D eigenvalue weighted by molar-refractivity contribution is -0.384. The zero-order valence-corrected chi connectivity index (χ0v) is 17.0. The summed E-state index contributed by atoms with van der Waals surface area (Å²) in [6, 6.07) is 10.2. The molecule has 0 unspecified atom stereocenters. The van der Waals surface area contributed by atoms with Crippen molar-refractivity contribution in [1.82, 2.24) is 5.43 Å². The Balaban J connectivity index is 2.12. The third kappa shape index (κ3) is 5.71. The molecule has 1 amide bonds. The normalized spacial score (nSPS) is 11.3. The molecule has 0 fully saturated rings. The molecule has 146 valence electrons. The molecule has 2 aromatic rings. The Morgan fingerprint density at radius 3 is 2.39 bits per heavy atom. The van der Waals surface area contributed by atoms with Gasteiger partial charge in [0.15, 0.2) is 0 Å². The van der Waals surface area contributed by atoms with Crippen LogP contribution in [-0.2, 0) is 4.79 Å². The molecular weight excluding hydrogens is 430 g/mol. The maximum atomic E-state index is 12.1. The third-order valence-electron chi connectivity index (χ3n) is 3.50. The second-order valence-corrected chi connectivity index (χ2v) is 7.74. The number of nitro benzene ring substituents is 1. The summed E-state index contributed by atoms with van der Waals surface area (Å²) in [6.07, 6.45) is 1.35. The average molecular weight is 448 g/mol. The Labute approximate surface area is 169 Å². The molecule has 8 nitrogen and oxygen atoms in total. The summed E-state index contributed by atoms with van der Waals surface area (Å²) in [5, 5.41) is 14.5. The van der Waals surface area contributed by atoms with E-state index in [9.17, 15) is 19.7 Å². The van der Waals surface area contributed by atoms with E-state index in [-0.39, 0.29) is 11.3 Å².